The van der Waals surface area contributed by atoms with Crippen molar-refractivity contribution >= 4 is 35.3 Å². The van der Waals surface area contributed by atoms with Crippen molar-refractivity contribution in [2.75, 3.05) is 11.9 Å². The molecule has 1 aliphatic heterocycles. The van der Waals surface area contributed by atoms with Crippen molar-refractivity contribution in [2.24, 2.45) is 0 Å². The van der Waals surface area contributed by atoms with Gasteiger partial charge in [0.1, 0.15) is 16.8 Å². The van der Waals surface area contributed by atoms with Gasteiger partial charge in [0.15, 0.2) is 0 Å². The first-order valence-corrected chi connectivity index (χ1v) is 13.9. The van der Waals surface area contributed by atoms with Gasteiger partial charge in [-0.1, -0.05) is 12.1 Å². The van der Waals surface area contributed by atoms with Crippen molar-refractivity contribution in [1.82, 2.24) is 25.2 Å². The summed E-state index contributed by atoms with van der Waals surface area (Å²) in [7, 11) is 0. The number of aromatic nitrogens is 3. The summed E-state index contributed by atoms with van der Waals surface area (Å²) in [6, 6.07) is 11.5. The maximum absolute atomic E-state index is 13.0. The smallest absolute Gasteiger partial charge is 0.410 e. The van der Waals surface area contributed by atoms with Gasteiger partial charge in [0.25, 0.3) is 5.91 Å². The summed E-state index contributed by atoms with van der Waals surface area (Å²) >= 11 is 0. The Morgan fingerprint density at radius 2 is 1.85 bits per heavy atom. The lowest BCUT2D eigenvalue weighted by Gasteiger charge is -2.31. The van der Waals surface area contributed by atoms with Crippen molar-refractivity contribution in [1.29, 1.82) is 0 Å². The summed E-state index contributed by atoms with van der Waals surface area (Å²) < 4.78 is 5.56. The van der Waals surface area contributed by atoms with E-state index >= 15 is 0 Å². The molecule has 0 unspecified atom stereocenters. The number of nitrogens with two attached hydrogens (primary N) is 1. The summed E-state index contributed by atoms with van der Waals surface area (Å²) in [6.07, 6.45) is 3.86. The number of anilines is 2. The van der Waals surface area contributed by atoms with E-state index in [1.807, 2.05) is 45.0 Å². The Bertz CT molecular complexity index is 1460. The van der Waals surface area contributed by atoms with Crippen molar-refractivity contribution in [2.45, 2.75) is 77.7 Å². The number of quaternary nitrogens is 1. The highest BCUT2D eigenvalue weighted by molar-refractivity contribution is 5.97. The number of carbonyl (C=O) groups excluding carboxylic acids is 2. The Hall–Kier alpha value is -4.09. The average molecular weight is 561 g/mol. The van der Waals surface area contributed by atoms with E-state index in [4.69, 9.17) is 4.74 Å². The average Bonchev–Trinajstić information content (AvgIpc) is 3.71. The first-order chi connectivity index (χ1) is 19.3. The zero-order valence-electron chi connectivity index (χ0n) is 24.2. The van der Waals surface area contributed by atoms with Gasteiger partial charge in [-0.2, -0.15) is 9.97 Å². The molecule has 2 aromatic heterocycles. The zero-order chi connectivity index (χ0) is 29.4. The quantitative estimate of drug-likeness (QED) is 0.343. The van der Waals surface area contributed by atoms with Crippen LogP contribution in [0, 0.1) is 0 Å². The standard InChI is InChI=1S/C30H37N7O4/c1-29(2,3)41-28(39)37-14-13-18-9-10-21(15-19(18)17-37)33-27-31-16-22(26(38)32-20-11-12-20)25(36-27)35-24-8-6-7-23(34-24)30(4,5)40/h6-10,15-16,20,40H,11-14,17H2,1-5H3,(H,32,38)(H2,31,33,34,35,36)/p+1. The SMILES string of the molecule is CC(C)(C)OC(=O)N1CCc2ccc(Nc3ncc(C(=O)NC4CC4)c([NH2+]c4cccc(C(C)(C)O)n4)n3)cc2C1. The normalized spacial score (nSPS) is 15.2. The van der Waals surface area contributed by atoms with E-state index in [0.717, 1.165) is 30.5 Å². The molecule has 216 valence electrons. The van der Waals surface area contributed by atoms with Crippen LogP contribution in [0.2, 0.25) is 0 Å². The van der Waals surface area contributed by atoms with Crippen LogP contribution in [-0.4, -0.2) is 55.1 Å². The molecule has 0 radical (unpaired) electrons. The number of nitrogens with one attached hydrogen (secondary N) is 2. The molecule has 3 heterocycles. The Morgan fingerprint density at radius 1 is 1.07 bits per heavy atom. The Balaban J connectivity index is 1.38. The van der Waals surface area contributed by atoms with E-state index < -0.39 is 11.2 Å². The second-order valence-corrected chi connectivity index (χ2v) is 12.2. The molecular weight excluding hydrogens is 522 g/mol. The van der Waals surface area contributed by atoms with Gasteiger partial charge in [0.2, 0.25) is 17.6 Å². The third-order valence-electron chi connectivity index (χ3n) is 6.78. The van der Waals surface area contributed by atoms with Gasteiger partial charge in [-0.3, -0.25) is 4.79 Å². The van der Waals surface area contributed by atoms with Gasteiger partial charge >= 0.3 is 6.09 Å². The van der Waals surface area contributed by atoms with Gasteiger partial charge in [-0.25, -0.2) is 15.1 Å². The lowest BCUT2D eigenvalue weighted by molar-refractivity contribution is -0.487. The van der Waals surface area contributed by atoms with E-state index in [9.17, 15) is 14.7 Å². The van der Waals surface area contributed by atoms with E-state index in [1.165, 1.54) is 11.8 Å². The number of pyridine rings is 1. The second-order valence-electron chi connectivity index (χ2n) is 12.2. The molecule has 1 fully saturated rings. The van der Waals surface area contributed by atoms with Crippen molar-refractivity contribution in [3.8, 4) is 0 Å². The van der Waals surface area contributed by atoms with Crippen LogP contribution >= 0.6 is 0 Å². The van der Waals surface area contributed by atoms with Crippen LogP contribution in [-0.2, 0) is 23.3 Å². The lowest BCUT2D eigenvalue weighted by atomic mass is 9.99. The fraction of sp³-hybridized carbons (Fsp3) is 0.433. The van der Waals surface area contributed by atoms with E-state index in [1.54, 1.807) is 36.2 Å². The second kappa shape index (κ2) is 11.1. The molecule has 0 atom stereocenters. The van der Waals surface area contributed by atoms with Crippen LogP contribution in [0.4, 0.5) is 28.1 Å². The molecule has 0 bridgehead atoms. The van der Waals surface area contributed by atoms with Crippen LogP contribution in [0.15, 0.2) is 42.6 Å². The predicted octanol–water partition coefficient (Wildman–Crippen LogP) is 3.55. The number of hydrogen-bond donors (Lipinski definition) is 4. The molecule has 41 heavy (non-hydrogen) atoms. The van der Waals surface area contributed by atoms with Gasteiger partial charge in [-0.05, 0) is 83.2 Å². The molecule has 2 amide bonds. The van der Waals surface area contributed by atoms with Crippen LogP contribution in [0.3, 0.4) is 0 Å². The third-order valence-corrected chi connectivity index (χ3v) is 6.78. The summed E-state index contributed by atoms with van der Waals surface area (Å²) in [4.78, 5) is 41.0. The van der Waals surface area contributed by atoms with Crippen molar-refractivity contribution in [3.63, 3.8) is 0 Å². The number of benzene rings is 1. The first kappa shape index (κ1) is 28.4. The number of amides is 2. The Labute approximate surface area is 239 Å². The molecular formula is C30H38N7O4+. The Morgan fingerprint density at radius 3 is 2.56 bits per heavy atom. The van der Waals surface area contributed by atoms with E-state index in [-0.39, 0.29) is 18.0 Å². The number of ether oxygens (including phenoxy) is 1. The number of hydrogen-bond acceptors (Lipinski definition) is 8. The van der Waals surface area contributed by atoms with Gasteiger partial charge in [-0.15, -0.1) is 0 Å². The largest absolute Gasteiger partial charge is 0.444 e. The lowest BCUT2D eigenvalue weighted by Crippen LogP contribution is -2.73. The molecule has 0 spiro atoms. The van der Waals surface area contributed by atoms with Crippen molar-refractivity contribution in [3.05, 3.63) is 65.0 Å². The van der Waals surface area contributed by atoms with Gasteiger partial charge in [0, 0.05) is 30.9 Å². The fourth-order valence-electron chi connectivity index (χ4n) is 4.49. The van der Waals surface area contributed by atoms with Crippen LogP contribution in [0.5, 0.6) is 0 Å². The monoisotopic (exact) mass is 560 g/mol. The van der Waals surface area contributed by atoms with Crippen LogP contribution in [0.25, 0.3) is 0 Å². The molecule has 1 aliphatic carbocycles. The molecule has 3 aromatic rings. The number of nitrogens with zero attached hydrogens (tertiary/aromatic N) is 4. The summed E-state index contributed by atoms with van der Waals surface area (Å²) in [6.45, 7) is 9.97. The summed E-state index contributed by atoms with van der Waals surface area (Å²) in [5.74, 6) is 1.05. The summed E-state index contributed by atoms with van der Waals surface area (Å²) in [5.41, 5.74) is 2.15. The molecule has 1 saturated carbocycles. The highest BCUT2D eigenvalue weighted by Crippen LogP contribution is 2.26. The molecule has 11 heteroatoms. The zero-order valence-corrected chi connectivity index (χ0v) is 24.2. The predicted molar refractivity (Wildman–Crippen MR) is 153 cm³/mol. The Kier molecular flexibility index (Phi) is 7.67. The van der Waals surface area contributed by atoms with Gasteiger partial charge < -0.3 is 25.4 Å². The fourth-order valence-corrected chi connectivity index (χ4v) is 4.49. The van der Waals surface area contributed by atoms with Crippen LogP contribution < -0.4 is 16.0 Å². The molecule has 1 aromatic carbocycles. The number of carbonyl (C=O) groups is 2. The van der Waals surface area contributed by atoms with Gasteiger partial charge in [0.05, 0.1) is 11.9 Å². The molecule has 11 nitrogen and oxygen atoms in total. The van der Waals surface area contributed by atoms with Crippen LogP contribution in [0.1, 0.15) is 74.6 Å². The molecule has 0 saturated heterocycles. The molecule has 5 rings (SSSR count). The highest BCUT2D eigenvalue weighted by Gasteiger charge is 2.29. The highest BCUT2D eigenvalue weighted by atomic mass is 16.6. The number of rotatable bonds is 7. The minimum Gasteiger partial charge on any atom is -0.444 e. The molecule has 2 aliphatic rings. The number of aliphatic hydroxyl groups is 1. The maximum Gasteiger partial charge on any atom is 0.410 e. The first-order valence-electron chi connectivity index (χ1n) is 13.9. The van der Waals surface area contributed by atoms with Crippen molar-refractivity contribution < 1.29 is 24.7 Å². The minimum atomic E-state index is -1.11. The van der Waals surface area contributed by atoms with E-state index in [2.05, 4.69) is 25.6 Å². The topological polar surface area (TPSA) is 146 Å². The maximum atomic E-state index is 13.0. The van der Waals surface area contributed by atoms with E-state index in [0.29, 0.717) is 41.9 Å². The summed E-state index contributed by atoms with van der Waals surface area (Å²) in [5, 5.41) is 18.4. The molecule has 5 N–H and O–H groups in total. The number of fused-ring (bicyclic) bond motifs is 1. The minimum absolute atomic E-state index is 0.181. The third kappa shape index (κ3) is 7.36.